The molecule has 1 fully saturated rings. The predicted octanol–water partition coefficient (Wildman–Crippen LogP) is 0.313. The lowest BCUT2D eigenvalue weighted by atomic mass is 10.0. The van der Waals surface area contributed by atoms with Gasteiger partial charge in [-0.05, 0) is 45.9 Å². The minimum Gasteiger partial charge on any atom is -0.456 e. The third-order valence-corrected chi connectivity index (χ3v) is 3.44. The van der Waals surface area contributed by atoms with Crippen molar-refractivity contribution in [1.82, 2.24) is 15.5 Å². The molecule has 1 unspecified atom stereocenters. The van der Waals surface area contributed by atoms with Crippen molar-refractivity contribution in [3.63, 3.8) is 0 Å². The van der Waals surface area contributed by atoms with Crippen molar-refractivity contribution in [1.29, 1.82) is 0 Å². The van der Waals surface area contributed by atoms with Crippen LogP contribution in [0.1, 0.15) is 27.2 Å². The summed E-state index contributed by atoms with van der Waals surface area (Å²) in [6.45, 7) is 8.47. The minimum absolute atomic E-state index is 0.224. The maximum atomic E-state index is 12.4. The summed E-state index contributed by atoms with van der Waals surface area (Å²) in [4.78, 5) is 14.3. The fourth-order valence-electron chi connectivity index (χ4n) is 2.48. The van der Waals surface area contributed by atoms with E-state index >= 15 is 0 Å². The molecule has 2 rings (SSSR count). The van der Waals surface area contributed by atoms with Crippen LogP contribution in [0.5, 0.6) is 0 Å². The van der Waals surface area contributed by atoms with Crippen LogP contribution in [0.25, 0.3) is 0 Å². The molecule has 0 radical (unpaired) electrons. The Balaban J connectivity index is 2.21. The van der Waals surface area contributed by atoms with Crippen LogP contribution >= 0.6 is 0 Å². The number of hydrogen-bond donors (Lipinski definition) is 3. The number of carbonyl (C=O) groups is 1. The molecule has 118 valence electrons. The van der Waals surface area contributed by atoms with Gasteiger partial charge in [0.25, 0.3) is 0 Å². The van der Waals surface area contributed by atoms with Crippen LogP contribution in [0.3, 0.4) is 0 Å². The number of carbonyl (C=O) groups excluding carboxylic acids is 1. The van der Waals surface area contributed by atoms with Crippen molar-refractivity contribution in [2.75, 3.05) is 26.2 Å². The molecule has 0 aromatic rings. The van der Waals surface area contributed by atoms with Crippen LogP contribution in [0.2, 0.25) is 0 Å². The maximum Gasteiger partial charge on any atom is 0.340 e. The Bertz CT molecular complexity index is 446. The molecule has 2 heterocycles. The summed E-state index contributed by atoms with van der Waals surface area (Å²) in [5.41, 5.74) is -0.373. The molecule has 6 heteroatoms. The molecule has 3 N–H and O–H groups in total. The molecule has 0 aromatic carbocycles. The highest BCUT2D eigenvalue weighted by molar-refractivity contribution is 5.91. The van der Waals surface area contributed by atoms with Gasteiger partial charge >= 0.3 is 5.97 Å². The van der Waals surface area contributed by atoms with E-state index in [1.807, 2.05) is 25.7 Å². The van der Waals surface area contributed by atoms with E-state index in [0.717, 1.165) is 19.5 Å². The lowest BCUT2D eigenvalue weighted by molar-refractivity contribution is -0.159. The number of ether oxygens (including phenoxy) is 1. The van der Waals surface area contributed by atoms with E-state index in [2.05, 4.69) is 10.6 Å². The van der Waals surface area contributed by atoms with Crippen LogP contribution in [0, 0.1) is 0 Å². The summed E-state index contributed by atoms with van der Waals surface area (Å²) < 4.78 is 5.41. The molecule has 0 amide bonds. The van der Waals surface area contributed by atoms with Gasteiger partial charge in [-0.15, -0.1) is 0 Å². The Hall–Kier alpha value is -1.37. The molecule has 21 heavy (non-hydrogen) atoms. The fourth-order valence-corrected chi connectivity index (χ4v) is 2.48. The maximum absolute atomic E-state index is 12.4. The number of esters is 1. The molecule has 6 nitrogen and oxygen atoms in total. The molecule has 1 atom stereocenters. The van der Waals surface area contributed by atoms with Gasteiger partial charge in [0.05, 0.1) is 0 Å². The van der Waals surface area contributed by atoms with Crippen LogP contribution in [0.4, 0.5) is 0 Å². The van der Waals surface area contributed by atoms with Gasteiger partial charge in [-0.25, -0.2) is 4.79 Å². The first-order valence-electron chi connectivity index (χ1n) is 7.39. The first-order chi connectivity index (χ1) is 9.83. The average molecular weight is 295 g/mol. The molecule has 0 saturated carbocycles. The Labute approximate surface area is 125 Å². The van der Waals surface area contributed by atoms with Crippen LogP contribution in [-0.4, -0.2) is 53.6 Å². The second-order valence-electron chi connectivity index (χ2n) is 6.35. The first-order valence-corrected chi connectivity index (χ1v) is 7.39. The van der Waals surface area contributed by atoms with E-state index < -0.39 is 17.4 Å². The van der Waals surface area contributed by atoms with Gasteiger partial charge in [-0.3, -0.25) is 4.90 Å². The second kappa shape index (κ2) is 6.17. The van der Waals surface area contributed by atoms with Gasteiger partial charge in [-0.1, -0.05) is 0 Å². The van der Waals surface area contributed by atoms with E-state index in [1.165, 1.54) is 0 Å². The van der Waals surface area contributed by atoms with Gasteiger partial charge in [0.2, 0.25) is 5.85 Å². The molecule has 1 saturated heterocycles. The number of nitrogens with one attached hydrogen (secondary N) is 2. The van der Waals surface area contributed by atoms with E-state index in [-0.39, 0.29) is 5.57 Å². The molecule has 2 aliphatic rings. The zero-order valence-corrected chi connectivity index (χ0v) is 13.0. The van der Waals surface area contributed by atoms with Crippen LogP contribution in [0.15, 0.2) is 23.9 Å². The summed E-state index contributed by atoms with van der Waals surface area (Å²) >= 11 is 0. The Kier molecular flexibility index (Phi) is 4.70. The topological polar surface area (TPSA) is 73.8 Å². The van der Waals surface area contributed by atoms with Gasteiger partial charge in [-0.2, -0.15) is 0 Å². The van der Waals surface area contributed by atoms with Crippen LogP contribution in [-0.2, 0) is 9.53 Å². The Morgan fingerprint density at radius 2 is 2.14 bits per heavy atom. The van der Waals surface area contributed by atoms with E-state index in [0.29, 0.717) is 13.1 Å². The summed E-state index contributed by atoms with van der Waals surface area (Å²) in [5.74, 6) is -2.01. The van der Waals surface area contributed by atoms with Crippen molar-refractivity contribution in [3.8, 4) is 0 Å². The molecular formula is C15H25N3O3. The number of rotatable bonds is 2. The molecule has 2 aliphatic heterocycles. The van der Waals surface area contributed by atoms with Crippen LogP contribution < -0.4 is 10.6 Å². The smallest absolute Gasteiger partial charge is 0.340 e. The standard InChI is InChI=1S/C15H25N3O3/c1-14(2,3)21-13(19)12-6-4-8-17-15(12,20)18-10-5-7-16-9-11-18/h4,6,8,16-17,20H,5,7,9-11H2,1-3H3. The van der Waals surface area contributed by atoms with Gasteiger partial charge in [0.15, 0.2) is 0 Å². The number of dihydropyridines is 1. The lowest BCUT2D eigenvalue weighted by Gasteiger charge is -2.41. The number of aliphatic hydroxyl groups is 1. The van der Waals surface area contributed by atoms with Gasteiger partial charge in [0, 0.05) is 25.8 Å². The number of hydrogen-bond acceptors (Lipinski definition) is 6. The monoisotopic (exact) mass is 295 g/mol. The summed E-state index contributed by atoms with van der Waals surface area (Å²) in [6.07, 6.45) is 5.87. The fraction of sp³-hybridized carbons (Fsp3) is 0.667. The third kappa shape index (κ3) is 3.84. The zero-order valence-electron chi connectivity index (χ0n) is 13.0. The SMILES string of the molecule is CC(C)(C)OC(=O)C1=CC=CNC1(O)N1CCCNCC1. The Morgan fingerprint density at radius 1 is 1.38 bits per heavy atom. The summed E-state index contributed by atoms with van der Waals surface area (Å²) in [6, 6.07) is 0. The lowest BCUT2D eigenvalue weighted by Crippen LogP contribution is -2.61. The Morgan fingerprint density at radius 3 is 2.86 bits per heavy atom. The summed E-state index contributed by atoms with van der Waals surface area (Å²) in [5, 5.41) is 17.2. The highest BCUT2D eigenvalue weighted by Gasteiger charge is 2.43. The van der Waals surface area contributed by atoms with Crippen molar-refractivity contribution >= 4 is 5.97 Å². The van der Waals surface area contributed by atoms with Gasteiger partial charge < -0.3 is 20.5 Å². The van der Waals surface area contributed by atoms with Gasteiger partial charge in [0.1, 0.15) is 11.2 Å². The van der Waals surface area contributed by atoms with Crippen molar-refractivity contribution < 1.29 is 14.6 Å². The highest BCUT2D eigenvalue weighted by Crippen LogP contribution is 2.26. The normalized spacial score (nSPS) is 27.5. The average Bonchev–Trinajstić information content (AvgIpc) is 2.66. The van der Waals surface area contributed by atoms with E-state index in [9.17, 15) is 9.90 Å². The molecule has 0 aliphatic carbocycles. The van der Waals surface area contributed by atoms with Crippen molar-refractivity contribution in [2.24, 2.45) is 0 Å². The number of nitrogens with zero attached hydrogens (tertiary/aromatic N) is 1. The molecule has 0 aromatic heterocycles. The van der Waals surface area contributed by atoms with Crippen molar-refractivity contribution in [2.45, 2.75) is 38.6 Å². The van der Waals surface area contributed by atoms with Crippen molar-refractivity contribution in [3.05, 3.63) is 23.9 Å². The highest BCUT2D eigenvalue weighted by atomic mass is 16.6. The quantitative estimate of drug-likeness (QED) is 0.637. The minimum atomic E-state index is -1.51. The number of allylic oxidation sites excluding steroid dienone is 2. The van der Waals surface area contributed by atoms with E-state index in [4.69, 9.17) is 4.74 Å². The third-order valence-electron chi connectivity index (χ3n) is 3.44. The molecular weight excluding hydrogens is 270 g/mol. The first kappa shape index (κ1) is 16.0. The molecule has 0 bridgehead atoms. The zero-order chi connectivity index (χ0) is 15.5. The second-order valence-corrected chi connectivity index (χ2v) is 6.35. The summed E-state index contributed by atoms with van der Waals surface area (Å²) in [7, 11) is 0. The van der Waals surface area contributed by atoms with E-state index in [1.54, 1.807) is 18.4 Å². The largest absolute Gasteiger partial charge is 0.456 e. The predicted molar refractivity (Wildman–Crippen MR) is 80.2 cm³/mol. The molecule has 0 spiro atoms.